The van der Waals surface area contributed by atoms with Crippen LogP contribution in [0.15, 0.2) is 24.3 Å². The summed E-state index contributed by atoms with van der Waals surface area (Å²) in [5, 5.41) is 15.0. The van der Waals surface area contributed by atoms with Gasteiger partial charge in [0.25, 0.3) is 5.91 Å². The van der Waals surface area contributed by atoms with E-state index >= 15 is 0 Å². The number of rotatable bonds is 4. The standard InChI is InChI=1S/C13H12N2O5/c1-6(13(19)20)14-12(18)10(16)9-7-4-2-3-5-8(7)15-11(9)17/h2-6,9H,1H3,(H,14,18)(H,15,17)(H,19,20)/p-1/t6-,9+/m1/s1. The van der Waals surface area contributed by atoms with Crippen LogP contribution in [0.3, 0.4) is 0 Å². The van der Waals surface area contributed by atoms with Gasteiger partial charge in [-0.15, -0.1) is 0 Å². The third-order valence-electron chi connectivity index (χ3n) is 2.98. The van der Waals surface area contributed by atoms with E-state index in [1.807, 2.05) is 5.32 Å². The molecule has 7 heteroatoms. The molecule has 0 radical (unpaired) electrons. The first-order valence-electron chi connectivity index (χ1n) is 5.87. The molecule has 1 aliphatic rings. The van der Waals surface area contributed by atoms with Crippen LogP contribution in [0.25, 0.3) is 0 Å². The van der Waals surface area contributed by atoms with Crippen LogP contribution < -0.4 is 15.7 Å². The zero-order valence-corrected chi connectivity index (χ0v) is 10.5. The van der Waals surface area contributed by atoms with Gasteiger partial charge in [0.2, 0.25) is 11.7 Å². The van der Waals surface area contributed by atoms with Crippen molar-refractivity contribution in [2.24, 2.45) is 0 Å². The predicted molar refractivity (Wildman–Crippen MR) is 65.4 cm³/mol. The molecule has 2 atom stereocenters. The number of carboxylic acids is 1. The van der Waals surface area contributed by atoms with Crippen molar-refractivity contribution < 1.29 is 24.3 Å². The number of ketones is 1. The first-order valence-corrected chi connectivity index (χ1v) is 5.87. The van der Waals surface area contributed by atoms with Crippen molar-refractivity contribution in [3.63, 3.8) is 0 Å². The maximum Gasteiger partial charge on any atom is 0.289 e. The molecule has 1 aliphatic heterocycles. The van der Waals surface area contributed by atoms with E-state index in [2.05, 4.69) is 5.32 Å². The smallest absolute Gasteiger partial charge is 0.289 e. The van der Waals surface area contributed by atoms with Crippen LogP contribution in [0, 0.1) is 0 Å². The second kappa shape index (κ2) is 5.12. The van der Waals surface area contributed by atoms with E-state index in [-0.39, 0.29) is 0 Å². The molecule has 104 valence electrons. The fraction of sp³-hybridized carbons (Fsp3) is 0.231. The molecular formula is C13H11N2O5-. The summed E-state index contributed by atoms with van der Waals surface area (Å²) in [6, 6.07) is 5.19. The molecule has 0 fully saturated rings. The molecule has 1 aromatic carbocycles. The molecule has 2 amide bonds. The van der Waals surface area contributed by atoms with Gasteiger partial charge in [-0.05, 0) is 18.6 Å². The fourth-order valence-electron chi connectivity index (χ4n) is 1.93. The zero-order valence-electron chi connectivity index (χ0n) is 10.5. The molecule has 7 nitrogen and oxygen atoms in total. The Morgan fingerprint density at radius 3 is 2.60 bits per heavy atom. The minimum atomic E-state index is -1.51. The maximum atomic E-state index is 12.0. The number of hydrogen-bond donors (Lipinski definition) is 2. The average Bonchev–Trinajstić information content (AvgIpc) is 2.73. The van der Waals surface area contributed by atoms with Crippen LogP contribution in [-0.2, 0) is 19.2 Å². The molecule has 0 bridgehead atoms. The summed E-state index contributed by atoms with van der Waals surface area (Å²) in [5.74, 6) is -5.49. The number of hydrogen-bond acceptors (Lipinski definition) is 5. The van der Waals surface area contributed by atoms with Crippen LogP contribution >= 0.6 is 0 Å². The first-order chi connectivity index (χ1) is 9.41. The lowest BCUT2D eigenvalue weighted by atomic mass is 9.95. The fourth-order valence-corrected chi connectivity index (χ4v) is 1.93. The Morgan fingerprint density at radius 2 is 1.95 bits per heavy atom. The highest BCUT2D eigenvalue weighted by Crippen LogP contribution is 2.32. The number of benzene rings is 1. The maximum absolute atomic E-state index is 12.0. The van der Waals surface area contributed by atoms with Gasteiger partial charge in [-0.25, -0.2) is 0 Å². The van der Waals surface area contributed by atoms with Gasteiger partial charge in [0.15, 0.2) is 0 Å². The Labute approximate surface area is 114 Å². The normalized spacial score (nSPS) is 17.9. The van der Waals surface area contributed by atoms with Crippen molar-refractivity contribution in [2.75, 3.05) is 5.32 Å². The predicted octanol–water partition coefficient (Wildman–Crippen LogP) is -1.45. The van der Waals surface area contributed by atoms with E-state index in [1.54, 1.807) is 24.3 Å². The highest BCUT2D eigenvalue weighted by Gasteiger charge is 2.39. The molecule has 0 spiro atoms. The molecule has 2 N–H and O–H groups in total. The number of aliphatic carboxylic acids is 1. The Morgan fingerprint density at radius 1 is 1.30 bits per heavy atom. The lowest BCUT2D eigenvalue weighted by Gasteiger charge is -2.15. The topological polar surface area (TPSA) is 115 Å². The molecule has 2 rings (SSSR count). The largest absolute Gasteiger partial charge is 0.548 e. The van der Waals surface area contributed by atoms with Crippen molar-refractivity contribution >= 4 is 29.3 Å². The summed E-state index contributed by atoms with van der Waals surface area (Å²) in [4.78, 5) is 45.9. The van der Waals surface area contributed by atoms with Gasteiger partial charge in [0.1, 0.15) is 5.92 Å². The summed E-state index contributed by atoms with van der Waals surface area (Å²) in [6.45, 7) is 1.17. The molecular weight excluding hydrogens is 264 g/mol. The molecule has 1 heterocycles. The van der Waals surface area contributed by atoms with Gasteiger partial charge in [-0.1, -0.05) is 18.2 Å². The minimum Gasteiger partial charge on any atom is -0.548 e. The summed E-state index contributed by atoms with van der Waals surface area (Å²) in [7, 11) is 0. The number of amides is 2. The van der Waals surface area contributed by atoms with Gasteiger partial charge in [0, 0.05) is 5.69 Å². The van der Waals surface area contributed by atoms with E-state index in [1.165, 1.54) is 6.92 Å². The SMILES string of the molecule is C[C@@H](NC(=O)C(=O)[C@H]1C(=O)Nc2ccccc21)C(=O)[O-]. The monoisotopic (exact) mass is 275 g/mol. The highest BCUT2D eigenvalue weighted by atomic mass is 16.4. The number of nitrogens with one attached hydrogen (secondary N) is 2. The minimum absolute atomic E-state index is 0.402. The number of Topliss-reactive ketones (excluding diaryl/α,β-unsaturated/α-hetero) is 1. The van der Waals surface area contributed by atoms with Crippen LogP contribution in [0.4, 0.5) is 5.69 Å². The quantitative estimate of drug-likeness (QED) is 0.515. The first kappa shape index (κ1) is 13.7. The lowest BCUT2D eigenvalue weighted by molar-refractivity contribution is -0.307. The zero-order chi connectivity index (χ0) is 14.9. The van der Waals surface area contributed by atoms with Gasteiger partial charge in [-0.3, -0.25) is 14.4 Å². The highest BCUT2D eigenvalue weighted by molar-refractivity contribution is 6.44. The van der Waals surface area contributed by atoms with Crippen molar-refractivity contribution in [1.82, 2.24) is 5.32 Å². The number of para-hydroxylation sites is 1. The second-order valence-corrected chi connectivity index (χ2v) is 4.39. The van der Waals surface area contributed by atoms with Gasteiger partial charge in [0.05, 0.1) is 12.0 Å². The van der Waals surface area contributed by atoms with Crippen molar-refractivity contribution in [3.8, 4) is 0 Å². The van der Waals surface area contributed by atoms with E-state index in [9.17, 15) is 24.3 Å². The summed E-state index contributed by atoms with van der Waals surface area (Å²) < 4.78 is 0. The molecule has 0 aromatic heterocycles. The van der Waals surface area contributed by atoms with Crippen LogP contribution in [0.2, 0.25) is 0 Å². The number of carboxylic acid groups (broad SMARTS) is 1. The van der Waals surface area contributed by atoms with Crippen molar-refractivity contribution in [1.29, 1.82) is 0 Å². The Hall–Kier alpha value is -2.70. The Kier molecular flexibility index (Phi) is 3.51. The van der Waals surface area contributed by atoms with Crippen LogP contribution in [0.1, 0.15) is 18.4 Å². The number of fused-ring (bicyclic) bond motifs is 1. The van der Waals surface area contributed by atoms with Gasteiger partial charge in [-0.2, -0.15) is 0 Å². The molecule has 20 heavy (non-hydrogen) atoms. The number of anilines is 1. The van der Waals surface area contributed by atoms with Gasteiger partial charge < -0.3 is 20.5 Å². The van der Waals surface area contributed by atoms with Crippen molar-refractivity contribution in [3.05, 3.63) is 29.8 Å². The average molecular weight is 275 g/mol. The van der Waals surface area contributed by atoms with E-state index in [0.717, 1.165) is 0 Å². The van der Waals surface area contributed by atoms with Crippen LogP contribution in [0.5, 0.6) is 0 Å². The lowest BCUT2D eigenvalue weighted by Crippen LogP contribution is -2.49. The van der Waals surface area contributed by atoms with Gasteiger partial charge >= 0.3 is 0 Å². The van der Waals surface area contributed by atoms with E-state index < -0.39 is 35.5 Å². The molecule has 0 aliphatic carbocycles. The van der Waals surface area contributed by atoms with Crippen molar-refractivity contribution in [2.45, 2.75) is 18.9 Å². The molecule has 0 saturated carbocycles. The number of carbonyl (C=O) groups excluding carboxylic acids is 4. The molecule has 0 unspecified atom stereocenters. The van der Waals surface area contributed by atoms with E-state index in [4.69, 9.17) is 0 Å². The Balaban J connectivity index is 2.19. The second-order valence-electron chi connectivity index (χ2n) is 4.39. The third-order valence-corrected chi connectivity index (χ3v) is 2.98. The third kappa shape index (κ3) is 2.37. The summed E-state index contributed by atoms with van der Waals surface area (Å²) in [6.07, 6.45) is 0. The molecule has 0 saturated heterocycles. The molecule has 1 aromatic rings. The number of carbonyl (C=O) groups is 4. The Bertz CT molecular complexity index is 611. The van der Waals surface area contributed by atoms with E-state index in [0.29, 0.717) is 11.3 Å². The summed E-state index contributed by atoms with van der Waals surface area (Å²) in [5.41, 5.74) is 0.871. The summed E-state index contributed by atoms with van der Waals surface area (Å²) >= 11 is 0. The van der Waals surface area contributed by atoms with Crippen LogP contribution in [-0.4, -0.2) is 29.6 Å².